The predicted octanol–water partition coefficient (Wildman–Crippen LogP) is 3.13. The topological polar surface area (TPSA) is 6.48 Å². The Morgan fingerprint density at radius 1 is 1.20 bits per heavy atom. The fraction of sp³-hybridized carbons (Fsp3) is 0.667. The van der Waals surface area contributed by atoms with Gasteiger partial charge in [-0.05, 0) is 48.9 Å². The molecule has 0 amide bonds. The van der Waals surface area contributed by atoms with Crippen molar-refractivity contribution in [2.75, 3.05) is 37.6 Å². The molecule has 0 radical (unpaired) electrons. The molecule has 0 spiro atoms. The van der Waals surface area contributed by atoms with Crippen molar-refractivity contribution in [1.82, 2.24) is 4.90 Å². The molecule has 2 saturated heterocycles. The van der Waals surface area contributed by atoms with Crippen LogP contribution < -0.4 is 4.90 Å². The molecule has 2 aliphatic heterocycles. The number of anilines is 1. The highest BCUT2D eigenvalue weighted by molar-refractivity contribution is 5.51. The van der Waals surface area contributed by atoms with E-state index in [1.54, 1.807) is 5.56 Å². The van der Waals surface area contributed by atoms with Crippen LogP contribution in [-0.4, -0.2) is 37.6 Å². The second-order valence-electron chi connectivity index (χ2n) is 7.27. The maximum absolute atomic E-state index is 2.62. The zero-order chi connectivity index (χ0) is 13.7. The molecule has 1 saturated carbocycles. The number of fused-ring (bicyclic) bond motifs is 1. The fourth-order valence-electron chi connectivity index (χ4n) is 4.45. The Balaban J connectivity index is 1.51. The third-order valence-electron chi connectivity index (χ3n) is 5.89. The summed E-state index contributed by atoms with van der Waals surface area (Å²) in [5.74, 6) is 1.79. The molecule has 3 fully saturated rings. The number of hydrogen-bond donors (Lipinski definition) is 0. The largest absolute Gasteiger partial charge is 0.371 e. The molecule has 2 nitrogen and oxygen atoms in total. The Kier molecular flexibility index (Phi) is 2.85. The number of nitrogens with zero attached hydrogens (tertiary/aromatic N) is 2. The van der Waals surface area contributed by atoms with Gasteiger partial charge in [0.1, 0.15) is 0 Å². The Morgan fingerprint density at radius 3 is 2.60 bits per heavy atom. The van der Waals surface area contributed by atoms with Crippen LogP contribution in [0.25, 0.3) is 0 Å². The summed E-state index contributed by atoms with van der Waals surface area (Å²) in [6.07, 6.45) is 2.77. The van der Waals surface area contributed by atoms with E-state index in [1.807, 2.05) is 0 Å². The molecule has 1 aromatic carbocycles. The number of rotatable bonds is 3. The van der Waals surface area contributed by atoms with Gasteiger partial charge < -0.3 is 9.80 Å². The van der Waals surface area contributed by atoms with Crippen molar-refractivity contribution < 1.29 is 0 Å². The summed E-state index contributed by atoms with van der Waals surface area (Å²) in [7, 11) is 0. The number of likely N-dealkylation sites (tertiary alicyclic amines) is 1. The van der Waals surface area contributed by atoms with Gasteiger partial charge in [-0.25, -0.2) is 0 Å². The molecule has 3 atom stereocenters. The SMILES string of the molecule is CCN1C[C@@H]2C[C@]2(c2ccc(N3CCC(C)C3)cc2)C1. The summed E-state index contributed by atoms with van der Waals surface area (Å²) in [5, 5.41) is 0. The molecule has 4 rings (SSSR count). The van der Waals surface area contributed by atoms with Crippen molar-refractivity contribution in [3.05, 3.63) is 29.8 Å². The fourth-order valence-corrected chi connectivity index (χ4v) is 4.45. The maximum atomic E-state index is 2.62. The highest BCUT2D eigenvalue weighted by Gasteiger charge is 2.60. The van der Waals surface area contributed by atoms with Crippen molar-refractivity contribution in [3.8, 4) is 0 Å². The first-order valence-electron chi connectivity index (χ1n) is 8.29. The molecule has 0 bridgehead atoms. The first kappa shape index (κ1) is 12.7. The molecule has 108 valence electrons. The minimum Gasteiger partial charge on any atom is -0.371 e. The van der Waals surface area contributed by atoms with Crippen LogP contribution >= 0.6 is 0 Å². The molecule has 1 unspecified atom stereocenters. The van der Waals surface area contributed by atoms with Gasteiger partial charge in [-0.1, -0.05) is 26.0 Å². The summed E-state index contributed by atoms with van der Waals surface area (Å²) >= 11 is 0. The average Bonchev–Trinajstić information content (AvgIpc) is 2.85. The van der Waals surface area contributed by atoms with Gasteiger partial charge in [-0.2, -0.15) is 0 Å². The van der Waals surface area contributed by atoms with E-state index < -0.39 is 0 Å². The van der Waals surface area contributed by atoms with Crippen molar-refractivity contribution in [3.63, 3.8) is 0 Å². The van der Waals surface area contributed by atoms with Crippen LogP contribution in [0.1, 0.15) is 32.3 Å². The molecular formula is C18H26N2. The van der Waals surface area contributed by atoms with Crippen LogP contribution in [0.15, 0.2) is 24.3 Å². The molecular weight excluding hydrogens is 244 g/mol. The zero-order valence-corrected chi connectivity index (χ0v) is 12.8. The van der Waals surface area contributed by atoms with Gasteiger partial charge in [0.15, 0.2) is 0 Å². The minimum absolute atomic E-state index is 0.521. The van der Waals surface area contributed by atoms with Crippen LogP contribution in [0.3, 0.4) is 0 Å². The number of piperidine rings is 1. The Bertz CT molecular complexity index is 495. The lowest BCUT2D eigenvalue weighted by Gasteiger charge is -2.21. The van der Waals surface area contributed by atoms with Gasteiger partial charge in [0.2, 0.25) is 0 Å². The molecule has 20 heavy (non-hydrogen) atoms. The van der Waals surface area contributed by atoms with Crippen LogP contribution in [0.5, 0.6) is 0 Å². The molecule has 1 aromatic rings. The number of benzene rings is 1. The highest BCUT2D eigenvalue weighted by Crippen LogP contribution is 2.59. The van der Waals surface area contributed by atoms with Crippen LogP contribution in [0, 0.1) is 11.8 Å². The highest BCUT2D eigenvalue weighted by atomic mass is 15.2. The van der Waals surface area contributed by atoms with Crippen molar-refractivity contribution in [2.45, 2.75) is 32.1 Å². The molecule has 0 aromatic heterocycles. The third-order valence-corrected chi connectivity index (χ3v) is 5.89. The molecule has 3 aliphatic rings. The molecule has 1 aliphatic carbocycles. The molecule has 2 heterocycles. The minimum atomic E-state index is 0.521. The van der Waals surface area contributed by atoms with Gasteiger partial charge in [-0.15, -0.1) is 0 Å². The summed E-state index contributed by atoms with van der Waals surface area (Å²) in [5.41, 5.74) is 3.54. The van der Waals surface area contributed by atoms with E-state index in [9.17, 15) is 0 Å². The van der Waals surface area contributed by atoms with Gasteiger partial charge in [0, 0.05) is 37.3 Å². The van der Waals surface area contributed by atoms with E-state index >= 15 is 0 Å². The Morgan fingerprint density at radius 2 is 2.00 bits per heavy atom. The maximum Gasteiger partial charge on any atom is 0.0366 e. The van der Waals surface area contributed by atoms with E-state index in [0.29, 0.717) is 5.41 Å². The normalized spacial score (nSPS) is 36.4. The summed E-state index contributed by atoms with van der Waals surface area (Å²) in [6, 6.07) is 9.56. The second-order valence-corrected chi connectivity index (χ2v) is 7.27. The summed E-state index contributed by atoms with van der Waals surface area (Å²) in [4.78, 5) is 5.16. The van der Waals surface area contributed by atoms with Crippen molar-refractivity contribution in [1.29, 1.82) is 0 Å². The molecule has 2 heteroatoms. The van der Waals surface area contributed by atoms with Crippen molar-refractivity contribution >= 4 is 5.69 Å². The van der Waals surface area contributed by atoms with Gasteiger partial charge in [0.25, 0.3) is 0 Å². The monoisotopic (exact) mass is 270 g/mol. The third kappa shape index (κ3) is 1.88. The lowest BCUT2D eigenvalue weighted by molar-refractivity contribution is 0.314. The van der Waals surface area contributed by atoms with E-state index in [4.69, 9.17) is 0 Å². The van der Waals surface area contributed by atoms with Gasteiger partial charge in [0.05, 0.1) is 0 Å². The smallest absolute Gasteiger partial charge is 0.0366 e. The van der Waals surface area contributed by atoms with E-state index in [-0.39, 0.29) is 0 Å². The molecule has 0 N–H and O–H groups in total. The summed E-state index contributed by atoms with van der Waals surface area (Å²) < 4.78 is 0. The first-order valence-corrected chi connectivity index (χ1v) is 8.29. The van der Waals surface area contributed by atoms with E-state index in [1.165, 1.54) is 51.3 Å². The van der Waals surface area contributed by atoms with Gasteiger partial charge in [-0.3, -0.25) is 0 Å². The summed E-state index contributed by atoms with van der Waals surface area (Å²) in [6.45, 7) is 10.9. The van der Waals surface area contributed by atoms with E-state index in [0.717, 1.165) is 11.8 Å². The standard InChI is InChI=1S/C18H26N2/c1-3-19-12-16-10-18(16,13-19)15-4-6-17(7-5-15)20-9-8-14(2)11-20/h4-7,14,16H,3,8-13H2,1-2H3/t14?,16-,18+/m0/s1. The Hall–Kier alpha value is -1.02. The van der Waals surface area contributed by atoms with Crippen LogP contribution in [-0.2, 0) is 5.41 Å². The average molecular weight is 270 g/mol. The Labute approximate surface area is 122 Å². The van der Waals surface area contributed by atoms with Crippen LogP contribution in [0.2, 0.25) is 0 Å². The first-order chi connectivity index (χ1) is 9.71. The zero-order valence-electron chi connectivity index (χ0n) is 12.8. The quantitative estimate of drug-likeness (QED) is 0.832. The van der Waals surface area contributed by atoms with Gasteiger partial charge >= 0.3 is 0 Å². The predicted molar refractivity (Wildman–Crippen MR) is 84.3 cm³/mol. The van der Waals surface area contributed by atoms with Crippen molar-refractivity contribution in [2.24, 2.45) is 11.8 Å². The second kappa shape index (κ2) is 4.49. The lowest BCUT2D eigenvalue weighted by atomic mass is 9.95. The number of hydrogen-bond acceptors (Lipinski definition) is 2. The van der Waals surface area contributed by atoms with E-state index in [2.05, 4.69) is 47.9 Å². The van der Waals surface area contributed by atoms with Crippen LogP contribution in [0.4, 0.5) is 5.69 Å². The lowest BCUT2D eigenvalue weighted by Crippen LogP contribution is -2.26. The number of likely N-dealkylation sites (N-methyl/N-ethyl adjacent to an activating group) is 1.